The highest BCUT2D eigenvalue weighted by Gasteiger charge is 2.46. The molecule has 1 aromatic heterocycles. The molecule has 0 spiro atoms. The molecule has 7 aromatic rings. The lowest BCUT2D eigenvalue weighted by Crippen LogP contribution is -2.61. The van der Waals surface area contributed by atoms with Crippen LogP contribution >= 0.6 is 0 Å². The van der Waals surface area contributed by atoms with Crippen LogP contribution < -0.4 is 26.2 Å². The van der Waals surface area contributed by atoms with Gasteiger partial charge in [-0.2, -0.15) is 0 Å². The van der Waals surface area contributed by atoms with E-state index in [2.05, 4.69) is 206 Å². The Bertz CT molecular complexity index is 2980. The average molecular weight is 811 g/mol. The lowest BCUT2D eigenvalue weighted by Gasteiger charge is -2.47. The highest BCUT2D eigenvalue weighted by Crippen LogP contribution is 2.51. The molecule has 11 rings (SSSR count). The highest BCUT2D eigenvalue weighted by atomic mass is 16.3. The summed E-state index contributed by atoms with van der Waals surface area (Å²) in [7, 11) is 0. The summed E-state index contributed by atoms with van der Waals surface area (Å²) in [6.07, 6.45) is 6.68. The van der Waals surface area contributed by atoms with E-state index < -0.39 is 0 Å². The van der Waals surface area contributed by atoms with E-state index in [0.717, 1.165) is 24.2 Å². The highest BCUT2D eigenvalue weighted by molar-refractivity contribution is 7.00. The molecular weight excluding hydrogens is 751 g/mol. The minimum atomic E-state index is 0.000973. The Labute approximate surface area is 369 Å². The van der Waals surface area contributed by atoms with Crippen LogP contribution in [0.15, 0.2) is 132 Å². The number of hydrogen-bond acceptors (Lipinski definition) is 3. The van der Waals surface area contributed by atoms with Crippen molar-refractivity contribution in [3.05, 3.63) is 167 Å². The third kappa shape index (κ3) is 5.92. The van der Waals surface area contributed by atoms with Crippen molar-refractivity contribution >= 4 is 73.8 Å². The number of hydrogen-bond donors (Lipinski definition) is 0. The van der Waals surface area contributed by atoms with Crippen LogP contribution in [0.2, 0.25) is 0 Å². The standard InChI is InChI=1S/C58H59BN2O/c1-55(2,3)37-23-28-40(29-24-37)60-47-17-14-18-48-54(47)59(45-30-25-38(33-49(45)60)56(4,5)6)46-34-43-44(58(9,10)32-31-57(43,7)8)35-50(46)61(48)39-26-21-36(22-27-39)41-16-13-20-52-53(41)42-15-11-12-19-51(42)62-52/h11-12,14-19,21-30,33-35H,13,20,31-32H2,1-10H3. The third-order valence-corrected chi connectivity index (χ3v) is 14.9. The molecule has 0 N–H and O–H groups in total. The fourth-order valence-electron chi connectivity index (χ4n) is 11.2. The summed E-state index contributed by atoms with van der Waals surface area (Å²) in [5.41, 5.74) is 22.2. The SMILES string of the molecule is CC(C)(C)c1ccc(N2c3cc(C(C)(C)C)ccc3B3c4cc5c(cc4N(c4ccc(C6=CCCc7oc8ccccc8c76)cc4)c4cccc2c43)C(C)(C)CCC5(C)C)cc1. The lowest BCUT2D eigenvalue weighted by molar-refractivity contribution is 0.332. The predicted molar refractivity (Wildman–Crippen MR) is 265 cm³/mol. The molecule has 0 amide bonds. The zero-order chi connectivity index (χ0) is 43.1. The predicted octanol–water partition coefficient (Wildman–Crippen LogP) is 13.8. The summed E-state index contributed by atoms with van der Waals surface area (Å²) in [6.45, 7) is 23.8. The number of furan rings is 1. The van der Waals surface area contributed by atoms with Gasteiger partial charge in [0.05, 0.1) is 0 Å². The minimum Gasteiger partial charge on any atom is -0.460 e. The number of allylic oxidation sites excluding steroid dienone is 1. The molecule has 3 heterocycles. The lowest BCUT2D eigenvalue weighted by atomic mass is 9.33. The van der Waals surface area contributed by atoms with Crippen molar-refractivity contribution < 1.29 is 4.42 Å². The molecule has 0 fully saturated rings. The number of nitrogens with zero attached hydrogens (tertiary/aromatic N) is 2. The number of rotatable bonds is 3. The molecule has 2 aliphatic heterocycles. The number of aryl methyl sites for hydroxylation is 1. The first kappa shape index (κ1) is 39.1. The zero-order valence-corrected chi connectivity index (χ0v) is 38.3. The molecule has 0 radical (unpaired) electrons. The average Bonchev–Trinajstić information content (AvgIpc) is 3.63. The summed E-state index contributed by atoms with van der Waals surface area (Å²) < 4.78 is 6.41. The van der Waals surface area contributed by atoms with Crippen LogP contribution in [0.4, 0.5) is 34.1 Å². The molecule has 6 aromatic carbocycles. The monoisotopic (exact) mass is 810 g/mol. The largest absolute Gasteiger partial charge is 0.460 e. The first-order chi connectivity index (χ1) is 29.5. The van der Waals surface area contributed by atoms with E-state index in [0.29, 0.717) is 0 Å². The van der Waals surface area contributed by atoms with Gasteiger partial charge in [0.25, 0.3) is 6.71 Å². The topological polar surface area (TPSA) is 19.6 Å². The zero-order valence-electron chi connectivity index (χ0n) is 38.3. The van der Waals surface area contributed by atoms with E-state index in [1.54, 1.807) is 0 Å². The molecule has 3 nitrogen and oxygen atoms in total. The Kier molecular flexibility index (Phi) is 8.45. The molecule has 0 atom stereocenters. The quantitative estimate of drug-likeness (QED) is 0.166. The van der Waals surface area contributed by atoms with E-state index in [4.69, 9.17) is 4.42 Å². The fraction of sp³-hybridized carbons (Fsp3) is 0.310. The second-order valence-electron chi connectivity index (χ2n) is 22.0. The summed E-state index contributed by atoms with van der Waals surface area (Å²) in [6, 6.07) is 46.9. The Morgan fingerprint density at radius 1 is 0.565 bits per heavy atom. The van der Waals surface area contributed by atoms with Gasteiger partial charge in [0.2, 0.25) is 0 Å². The van der Waals surface area contributed by atoms with Crippen LogP contribution in [0.25, 0.3) is 16.5 Å². The second kappa shape index (κ2) is 13.4. The van der Waals surface area contributed by atoms with Crippen molar-refractivity contribution in [2.45, 2.75) is 117 Å². The van der Waals surface area contributed by atoms with Crippen LogP contribution in [-0.2, 0) is 28.1 Å². The third-order valence-electron chi connectivity index (χ3n) is 14.9. The normalized spacial score (nSPS) is 17.2. The Hall–Kier alpha value is -5.74. The molecule has 0 unspecified atom stereocenters. The van der Waals surface area contributed by atoms with E-state index in [9.17, 15) is 0 Å². The van der Waals surface area contributed by atoms with Gasteiger partial charge in [0.1, 0.15) is 11.3 Å². The van der Waals surface area contributed by atoms with Gasteiger partial charge < -0.3 is 14.2 Å². The molecule has 0 saturated carbocycles. The van der Waals surface area contributed by atoms with Crippen molar-refractivity contribution in [3.8, 4) is 0 Å². The fourth-order valence-corrected chi connectivity index (χ4v) is 11.2. The van der Waals surface area contributed by atoms with Gasteiger partial charge in [-0.15, -0.1) is 0 Å². The first-order valence-corrected chi connectivity index (χ1v) is 23.0. The molecule has 0 saturated heterocycles. The van der Waals surface area contributed by atoms with Crippen molar-refractivity contribution in [1.82, 2.24) is 0 Å². The summed E-state index contributed by atoms with van der Waals surface area (Å²) in [4.78, 5) is 5.15. The van der Waals surface area contributed by atoms with Gasteiger partial charge in [-0.05, 0) is 145 Å². The van der Waals surface area contributed by atoms with Gasteiger partial charge in [-0.1, -0.05) is 142 Å². The van der Waals surface area contributed by atoms with Crippen LogP contribution in [0.3, 0.4) is 0 Å². The van der Waals surface area contributed by atoms with Gasteiger partial charge in [0, 0.05) is 51.5 Å². The molecule has 4 heteroatoms. The van der Waals surface area contributed by atoms with Crippen LogP contribution in [0, 0.1) is 0 Å². The molecule has 2 aliphatic carbocycles. The van der Waals surface area contributed by atoms with Gasteiger partial charge in [-0.25, -0.2) is 0 Å². The van der Waals surface area contributed by atoms with E-state index >= 15 is 0 Å². The number of fused-ring (bicyclic) bond motifs is 8. The molecule has 62 heavy (non-hydrogen) atoms. The molecule has 310 valence electrons. The van der Waals surface area contributed by atoms with Gasteiger partial charge >= 0.3 is 0 Å². The summed E-state index contributed by atoms with van der Waals surface area (Å²) >= 11 is 0. The Morgan fingerprint density at radius 3 is 1.79 bits per heavy atom. The Morgan fingerprint density at radius 2 is 1.15 bits per heavy atom. The van der Waals surface area contributed by atoms with Crippen molar-refractivity contribution in [2.75, 3.05) is 9.80 Å². The van der Waals surface area contributed by atoms with Crippen LogP contribution in [0.5, 0.6) is 0 Å². The van der Waals surface area contributed by atoms with Crippen molar-refractivity contribution in [2.24, 2.45) is 0 Å². The molecule has 4 aliphatic rings. The van der Waals surface area contributed by atoms with E-state index in [1.807, 2.05) is 0 Å². The number of para-hydroxylation sites is 1. The van der Waals surface area contributed by atoms with Crippen molar-refractivity contribution in [3.63, 3.8) is 0 Å². The summed E-state index contributed by atoms with van der Waals surface area (Å²) in [5, 5.41) is 1.20. The molecule has 0 bridgehead atoms. The number of anilines is 6. The number of benzene rings is 6. The van der Waals surface area contributed by atoms with E-state index in [1.165, 1.54) is 108 Å². The Balaban J connectivity index is 1.15. The van der Waals surface area contributed by atoms with Crippen molar-refractivity contribution in [1.29, 1.82) is 0 Å². The second-order valence-corrected chi connectivity index (χ2v) is 22.0. The van der Waals surface area contributed by atoms with E-state index in [-0.39, 0.29) is 28.4 Å². The maximum absolute atomic E-state index is 6.41. The maximum atomic E-state index is 6.41. The first-order valence-electron chi connectivity index (χ1n) is 23.0. The summed E-state index contributed by atoms with van der Waals surface area (Å²) in [5.74, 6) is 1.10. The maximum Gasteiger partial charge on any atom is 0.252 e. The van der Waals surface area contributed by atoms with Gasteiger partial charge in [0.15, 0.2) is 0 Å². The van der Waals surface area contributed by atoms with Gasteiger partial charge in [-0.3, -0.25) is 0 Å². The van der Waals surface area contributed by atoms with Crippen LogP contribution in [0.1, 0.15) is 128 Å². The smallest absolute Gasteiger partial charge is 0.252 e. The molecular formula is C58H59BN2O. The minimum absolute atomic E-state index is 0.000973. The van der Waals surface area contributed by atoms with Crippen LogP contribution in [-0.4, -0.2) is 6.71 Å².